The zero-order chi connectivity index (χ0) is 12.5. The number of hydrogen-bond acceptors (Lipinski definition) is 3. The Morgan fingerprint density at radius 2 is 2.33 bits per heavy atom. The summed E-state index contributed by atoms with van der Waals surface area (Å²) in [7, 11) is 0. The van der Waals surface area contributed by atoms with Crippen molar-refractivity contribution in [2.75, 3.05) is 11.9 Å². The van der Waals surface area contributed by atoms with Gasteiger partial charge in [-0.1, -0.05) is 6.42 Å². The van der Waals surface area contributed by atoms with Crippen LogP contribution >= 0.6 is 0 Å². The molecule has 1 heterocycles. The molecular weight excluding hydrogens is 222 g/mol. The smallest absolute Gasteiger partial charge is 0.144 e. The molecule has 0 spiro atoms. The fourth-order valence-corrected chi connectivity index (χ4v) is 3.69. The van der Waals surface area contributed by atoms with Gasteiger partial charge in [-0.25, -0.2) is 4.98 Å². The van der Waals surface area contributed by atoms with Gasteiger partial charge in [0.1, 0.15) is 11.9 Å². The van der Waals surface area contributed by atoms with E-state index in [9.17, 15) is 0 Å². The van der Waals surface area contributed by atoms with Crippen LogP contribution in [0.5, 0.6) is 0 Å². The Labute approximate surface area is 108 Å². The number of nitrogens with one attached hydrogen (secondary N) is 1. The zero-order valence-corrected chi connectivity index (χ0v) is 10.8. The van der Waals surface area contributed by atoms with Gasteiger partial charge in [-0.05, 0) is 55.6 Å². The maximum atomic E-state index is 9.17. The molecule has 18 heavy (non-hydrogen) atoms. The Hall–Kier alpha value is -1.56. The fourth-order valence-electron chi connectivity index (χ4n) is 3.69. The maximum absolute atomic E-state index is 9.17. The van der Waals surface area contributed by atoms with E-state index < -0.39 is 0 Å². The van der Waals surface area contributed by atoms with E-state index >= 15 is 0 Å². The highest BCUT2D eigenvalue weighted by Crippen LogP contribution is 2.48. The van der Waals surface area contributed by atoms with E-state index in [0.717, 1.165) is 35.7 Å². The first-order valence-corrected chi connectivity index (χ1v) is 6.87. The number of nitrogens with zero attached hydrogens (tertiary/aromatic N) is 2. The van der Waals surface area contributed by atoms with Gasteiger partial charge < -0.3 is 5.32 Å². The van der Waals surface area contributed by atoms with E-state index in [2.05, 4.69) is 16.4 Å². The molecule has 94 valence electrons. The lowest BCUT2D eigenvalue weighted by atomic mass is 9.89. The summed E-state index contributed by atoms with van der Waals surface area (Å²) in [6.07, 6.45) is 7.42. The largest absolute Gasteiger partial charge is 0.369 e. The standard InChI is InChI=1S/C15H19N3/c1-10-4-5-17-15(14(10)8-16)18-9-13-7-11-2-3-12(13)6-11/h4-5,11-13H,2-3,6-7,9H2,1H3,(H,17,18). The van der Waals surface area contributed by atoms with Gasteiger partial charge in [-0.2, -0.15) is 5.26 Å². The summed E-state index contributed by atoms with van der Waals surface area (Å²) in [4.78, 5) is 4.30. The number of anilines is 1. The second-order valence-corrected chi connectivity index (χ2v) is 5.78. The van der Waals surface area contributed by atoms with Crippen molar-refractivity contribution >= 4 is 5.82 Å². The molecule has 1 aromatic heterocycles. The minimum absolute atomic E-state index is 0.695. The van der Waals surface area contributed by atoms with Gasteiger partial charge >= 0.3 is 0 Å². The van der Waals surface area contributed by atoms with Crippen LogP contribution in [-0.4, -0.2) is 11.5 Å². The molecule has 2 saturated carbocycles. The first-order chi connectivity index (χ1) is 8.78. The maximum Gasteiger partial charge on any atom is 0.144 e. The Bertz CT molecular complexity index is 489. The van der Waals surface area contributed by atoms with Gasteiger partial charge in [0, 0.05) is 12.7 Å². The fraction of sp³-hybridized carbons (Fsp3) is 0.600. The van der Waals surface area contributed by atoms with Crippen LogP contribution in [0.2, 0.25) is 0 Å². The number of rotatable bonds is 3. The Morgan fingerprint density at radius 3 is 3.00 bits per heavy atom. The van der Waals surface area contributed by atoms with Gasteiger partial charge in [0.15, 0.2) is 0 Å². The summed E-state index contributed by atoms with van der Waals surface area (Å²) in [6, 6.07) is 4.14. The predicted molar refractivity (Wildman–Crippen MR) is 71.1 cm³/mol. The molecule has 3 heteroatoms. The quantitative estimate of drug-likeness (QED) is 0.884. The Morgan fingerprint density at radius 1 is 1.44 bits per heavy atom. The third-order valence-electron chi connectivity index (χ3n) is 4.69. The van der Waals surface area contributed by atoms with Gasteiger partial charge in [0.05, 0.1) is 5.56 Å². The van der Waals surface area contributed by atoms with Gasteiger partial charge in [0.2, 0.25) is 0 Å². The second-order valence-electron chi connectivity index (χ2n) is 5.78. The van der Waals surface area contributed by atoms with Crippen LogP contribution in [0.15, 0.2) is 12.3 Å². The zero-order valence-electron chi connectivity index (χ0n) is 10.8. The molecule has 3 unspecified atom stereocenters. The van der Waals surface area contributed by atoms with Crippen molar-refractivity contribution < 1.29 is 0 Å². The van der Waals surface area contributed by atoms with Crippen LogP contribution in [-0.2, 0) is 0 Å². The van der Waals surface area contributed by atoms with E-state index in [1.165, 1.54) is 25.7 Å². The molecule has 1 N–H and O–H groups in total. The topological polar surface area (TPSA) is 48.7 Å². The Balaban J connectivity index is 1.67. The summed E-state index contributed by atoms with van der Waals surface area (Å²) < 4.78 is 0. The minimum atomic E-state index is 0.695. The minimum Gasteiger partial charge on any atom is -0.369 e. The molecular formula is C15H19N3. The van der Waals surface area contributed by atoms with Crippen molar-refractivity contribution in [1.29, 1.82) is 5.26 Å². The molecule has 0 aliphatic heterocycles. The van der Waals surface area contributed by atoms with Crippen LogP contribution in [0.1, 0.15) is 36.8 Å². The molecule has 0 saturated heterocycles. The summed E-state index contributed by atoms with van der Waals surface area (Å²) >= 11 is 0. The average Bonchev–Trinajstić information content (AvgIpc) is 2.98. The molecule has 0 amide bonds. The molecule has 3 nitrogen and oxygen atoms in total. The van der Waals surface area contributed by atoms with Gasteiger partial charge in [-0.15, -0.1) is 0 Å². The van der Waals surface area contributed by atoms with Crippen molar-refractivity contribution in [3.63, 3.8) is 0 Å². The molecule has 3 atom stereocenters. The average molecular weight is 241 g/mol. The number of fused-ring (bicyclic) bond motifs is 2. The summed E-state index contributed by atoms with van der Waals surface area (Å²) in [5, 5.41) is 12.6. The molecule has 0 aromatic carbocycles. The van der Waals surface area contributed by atoms with E-state index in [-0.39, 0.29) is 0 Å². The highest BCUT2D eigenvalue weighted by molar-refractivity contribution is 5.55. The van der Waals surface area contributed by atoms with Crippen molar-refractivity contribution in [3.05, 3.63) is 23.4 Å². The highest BCUT2D eigenvalue weighted by atomic mass is 15.0. The van der Waals surface area contributed by atoms with Crippen LogP contribution in [0.3, 0.4) is 0 Å². The molecule has 0 radical (unpaired) electrons. The van der Waals surface area contributed by atoms with Crippen LogP contribution in [0.4, 0.5) is 5.82 Å². The van der Waals surface area contributed by atoms with Crippen LogP contribution in [0, 0.1) is 36.0 Å². The molecule has 3 rings (SSSR count). The Kier molecular flexibility index (Phi) is 2.95. The number of pyridine rings is 1. The SMILES string of the molecule is Cc1ccnc(NCC2CC3CCC2C3)c1C#N. The molecule has 2 bridgehead atoms. The number of hydrogen-bond donors (Lipinski definition) is 1. The van der Waals surface area contributed by atoms with E-state index in [4.69, 9.17) is 5.26 Å². The summed E-state index contributed by atoms with van der Waals surface area (Å²) in [6.45, 7) is 2.94. The van der Waals surface area contributed by atoms with Gasteiger partial charge in [-0.3, -0.25) is 0 Å². The highest BCUT2D eigenvalue weighted by Gasteiger charge is 2.39. The summed E-state index contributed by atoms with van der Waals surface area (Å²) in [5.41, 5.74) is 1.70. The number of aryl methyl sites for hydroxylation is 1. The van der Waals surface area contributed by atoms with Crippen LogP contribution < -0.4 is 5.32 Å². The third kappa shape index (κ3) is 1.96. The van der Waals surface area contributed by atoms with E-state index in [1.54, 1.807) is 6.20 Å². The lowest BCUT2D eigenvalue weighted by molar-refractivity contribution is 0.348. The molecule has 2 aliphatic rings. The van der Waals surface area contributed by atoms with E-state index in [1.807, 2.05) is 13.0 Å². The third-order valence-corrected chi connectivity index (χ3v) is 4.69. The molecule has 2 aliphatic carbocycles. The monoisotopic (exact) mass is 241 g/mol. The van der Waals surface area contributed by atoms with Crippen molar-refractivity contribution in [2.24, 2.45) is 17.8 Å². The second kappa shape index (κ2) is 4.61. The first-order valence-electron chi connectivity index (χ1n) is 6.87. The molecule has 1 aromatic rings. The van der Waals surface area contributed by atoms with Crippen LogP contribution in [0.25, 0.3) is 0 Å². The molecule has 2 fully saturated rings. The number of aromatic nitrogens is 1. The number of nitriles is 1. The lowest BCUT2D eigenvalue weighted by Gasteiger charge is -2.22. The van der Waals surface area contributed by atoms with Crippen molar-refractivity contribution in [3.8, 4) is 6.07 Å². The van der Waals surface area contributed by atoms with Crippen molar-refractivity contribution in [2.45, 2.75) is 32.6 Å². The lowest BCUT2D eigenvalue weighted by Crippen LogP contribution is -2.21. The van der Waals surface area contributed by atoms with Gasteiger partial charge in [0.25, 0.3) is 0 Å². The normalized spacial score (nSPS) is 29.2. The van der Waals surface area contributed by atoms with Crippen molar-refractivity contribution in [1.82, 2.24) is 4.98 Å². The van der Waals surface area contributed by atoms with E-state index in [0.29, 0.717) is 5.56 Å². The summed E-state index contributed by atoms with van der Waals surface area (Å²) in [5.74, 6) is 3.44. The predicted octanol–water partition coefficient (Wildman–Crippen LogP) is 3.11. The first kappa shape index (κ1) is 11.5.